The van der Waals surface area contributed by atoms with Crippen molar-refractivity contribution in [1.29, 1.82) is 0 Å². The number of aromatic nitrogens is 2. The van der Waals surface area contributed by atoms with Crippen molar-refractivity contribution < 1.29 is 9.18 Å². The van der Waals surface area contributed by atoms with Crippen molar-refractivity contribution in [1.82, 2.24) is 20.0 Å². The molecule has 4 heterocycles. The van der Waals surface area contributed by atoms with E-state index in [0.717, 1.165) is 14.8 Å². The highest BCUT2D eigenvalue weighted by Gasteiger charge is 2.32. The number of benzene rings is 1. The van der Waals surface area contributed by atoms with Crippen molar-refractivity contribution in [2.45, 2.75) is 19.6 Å². The highest BCUT2D eigenvalue weighted by molar-refractivity contribution is 14.1. The summed E-state index contributed by atoms with van der Waals surface area (Å²) in [6, 6.07) is 4.78. The number of amides is 1. The molecule has 0 bridgehead atoms. The van der Waals surface area contributed by atoms with Crippen molar-refractivity contribution >= 4 is 39.8 Å². The Bertz CT molecular complexity index is 1090. The minimum absolute atomic E-state index is 0.108. The van der Waals surface area contributed by atoms with Crippen molar-refractivity contribution in [3.63, 3.8) is 0 Å². The van der Waals surface area contributed by atoms with E-state index in [9.17, 15) is 9.18 Å². The van der Waals surface area contributed by atoms with E-state index in [4.69, 9.17) is 0 Å². The molecule has 2 aromatic rings. The average molecular weight is 489 g/mol. The minimum Gasteiger partial charge on any atom is -0.366 e. The third-order valence-electron chi connectivity index (χ3n) is 5.24. The van der Waals surface area contributed by atoms with E-state index < -0.39 is 0 Å². The lowest BCUT2D eigenvalue weighted by Crippen LogP contribution is -2.41. The van der Waals surface area contributed by atoms with Crippen LogP contribution in [0.15, 0.2) is 52.7 Å². The molecule has 28 heavy (non-hydrogen) atoms. The first-order chi connectivity index (χ1) is 13.5. The zero-order chi connectivity index (χ0) is 19.4. The molecule has 5 rings (SSSR count). The number of hydrogen-bond donors (Lipinski definition) is 1. The van der Waals surface area contributed by atoms with Gasteiger partial charge in [-0.05, 0) is 59.4 Å². The van der Waals surface area contributed by atoms with Gasteiger partial charge >= 0.3 is 0 Å². The van der Waals surface area contributed by atoms with Gasteiger partial charge in [-0.25, -0.2) is 4.39 Å². The van der Waals surface area contributed by atoms with Crippen LogP contribution in [0.5, 0.6) is 0 Å². The molecule has 8 heteroatoms. The van der Waals surface area contributed by atoms with Gasteiger partial charge in [0.15, 0.2) is 0 Å². The number of anilines is 1. The Morgan fingerprint density at radius 1 is 1.32 bits per heavy atom. The van der Waals surface area contributed by atoms with E-state index in [1.165, 1.54) is 6.07 Å². The van der Waals surface area contributed by atoms with Gasteiger partial charge in [0.2, 0.25) is 0 Å². The maximum Gasteiger partial charge on any atom is 0.277 e. The fraction of sp³-hybridized carbons (Fsp3) is 0.200. The maximum absolute atomic E-state index is 13.7. The normalized spacial score (nSPS) is 20.5. The van der Waals surface area contributed by atoms with Gasteiger partial charge in [-0.1, -0.05) is 6.08 Å². The molecule has 0 spiro atoms. The number of fused-ring (bicyclic) bond motifs is 2. The Hall–Kier alpha value is -2.62. The summed E-state index contributed by atoms with van der Waals surface area (Å²) in [5.41, 5.74) is 3.54. The van der Waals surface area contributed by atoms with Gasteiger partial charge in [-0.2, -0.15) is 5.10 Å². The number of rotatable bonds is 2. The first-order valence-corrected chi connectivity index (χ1v) is 10.0. The average Bonchev–Trinajstić information content (AvgIpc) is 3.29. The van der Waals surface area contributed by atoms with Crippen LogP contribution in [0.1, 0.15) is 21.6 Å². The minimum atomic E-state index is -0.270. The lowest BCUT2D eigenvalue weighted by molar-refractivity contribution is 0.0962. The molecule has 1 atom stereocenters. The molecular formula is C20H17FIN5O. The van der Waals surface area contributed by atoms with Crippen LogP contribution < -0.4 is 10.2 Å². The molecule has 0 radical (unpaired) electrons. The van der Waals surface area contributed by atoms with E-state index in [1.807, 2.05) is 18.5 Å². The zero-order valence-corrected chi connectivity index (χ0v) is 17.2. The number of aryl methyl sites for hydroxylation is 1. The molecule has 0 saturated heterocycles. The van der Waals surface area contributed by atoms with E-state index in [2.05, 4.69) is 44.0 Å². The third kappa shape index (κ3) is 2.66. The van der Waals surface area contributed by atoms with Crippen molar-refractivity contribution in [2.75, 3.05) is 11.4 Å². The van der Waals surface area contributed by atoms with Crippen LogP contribution in [0, 0.1) is 12.7 Å². The second kappa shape index (κ2) is 6.47. The molecule has 1 amide bonds. The molecular weight excluding hydrogens is 472 g/mol. The van der Waals surface area contributed by atoms with Gasteiger partial charge in [0, 0.05) is 35.8 Å². The highest BCUT2D eigenvalue weighted by Crippen LogP contribution is 2.33. The van der Waals surface area contributed by atoms with Crippen LogP contribution in [0.3, 0.4) is 0 Å². The Morgan fingerprint density at radius 2 is 2.18 bits per heavy atom. The molecule has 6 nitrogen and oxygen atoms in total. The van der Waals surface area contributed by atoms with Crippen LogP contribution in [-0.2, 0) is 6.54 Å². The van der Waals surface area contributed by atoms with Crippen molar-refractivity contribution in [3.8, 4) is 0 Å². The fourth-order valence-corrected chi connectivity index (χ4v) is 4.36. The number of halogens is 2. The second-order valence-corrected chi connectivity index (χ2v) is 8.05. The number of nitrogens with one attached hydrogen (secondary N) is 1. The van der Waals surface area contributed by atoms with Gasteiger partial charge in [0.1, 0.15) is 17.7 Å². The number of carbonyl (C=O) groups excluding carboxylic acids is 1. The zero-order valence-electron chi connectivity index (χ0n) is 15.1. The van der Waals surface area contributed by atoms with E-state index in [-0.39, 0.29) is 17.9 Å². The third-order valence-corrected chi connectivity index (χ3v) is 6.11. The van der Waals surface area contributed by atoms with E-state index in [0.29, 0.717) is 30.0 Å². The van der Waals surface area contributed by atoms with Gasteiger partial charge in [0.05, 0.1) is 16.4 Å². The summed E-state index contributed by atoms with van der Waals surface area (Å²) in [4.78, 5) is 17.1. The predicted octanol–water partition coefficient (Wildman–Crippen LogP) is 3.37. The molecule has 1 aromatic carbocycles. The summed E-state index contributed by atoms with van der Waals surface area (Å²) in [5.74, 6) is -0.390. The maximum atomic E-state index is 13.7. The summed E-state index contributed by atoms with van der Waals surface area (Å²) >= 11 is 2.28. The largest absolute Gasteiger partial charge is 0.366 e. The predicted molar refractivity (Wildman–Crippen MR) is 113 cm³/mol. The monoisotopic (exact) mass is 489 g/mol. The Balaban J connectivity index is 1.52. The van der Waals surface area contributed by atoms with Gasteiger partial charge in [0.25, 0.3) is 5.91 Å². The molecule has 0 fully saturated rings. The molecule has 1 N–H and O–H groups in total. The molecule has 3 aliphatic heterocycles. The van der Waals surface area contributed by atoms with Crippen molar-refractivity contribution in [2.24, 2.45) is 0 Å². The summed E-state index contributed by atoms with van der Waals surface area (Å²) in [6.07, 6.45) is 9.94. The van der Waals surface area contributed by atoms with Gasteiger partial charge in [-0.15, -0.1) is 0 Å². The lowest BCUT2D eigenvalue weighted by atomic mass is 10.0. The number of hydrogen-bond acceptors (Lipinski definition) is 4. The molecule has 3 aliphatic rings. The summed E-state index contributed by atoms with van der Waals surface area (Å²) in [5, 5.41) is 7.71. The first-order valence-electron chi connectivity index (χ1n) is 8.97. The van der Waals surface area contributed by atoms with Crippen LogP contribution >= 0.6 is 22.6 Å². The van der Waals surface area contributed by atoms with Crippen LogP contribution in [0.4, 0.5) is 10.1 Å². The number of allylic oxidation sites excluding steroid dienone is 2. The molecule has 0 aliphatic carbocycles. The highest BCUT2D eigenvalue weighted by atomic mass is 127. The van der Waals surface area contributed by atoms with Crippen LogP contribution in [-0.4, -0.2) is 33.3 Å². The molecule has 1 unspecified atom stereocenters. The topological polar surface area (TPSA) is 53.4 Å². The summed E-state index contributed by atoms with van der Waals surface area (Å²) in [6.45, 7) is 2.81. The number of nitrogens with zero attached hydrogens (tertiary/aromatic N) is 4. The van der Waals surface area contributed by atoms with Crippen LogP contribution in [0.2, 0.25) is 0 Å². The first kappa shape index (κ1) is 17.5. The van der Waals surface area contributed by atoms with E-state index >= 15 is 0 Å². The second-order valence-electron chi connectivity index (χ2n) is 6.95. The fourth-order valence-electron chi connectivity index (χ4n) is 3.74. The van der Waals surface area contributed by atoms with Crippen LogP contribution in [0.25, 0.3) is 5.57 Å². The summed E-state index contributed by atoms with van der Waals surface area (Å²) < 4.78 is 16.5. The quantitative estimate of drug-likeness (QED) is 0.520. The molecule has 1 aromatic heterocycles. The molecule has 142 valence electrons. The SMILES string of the molecule is Cc1cc(N2CCn3ncc(C4=CN5C(I)=CNC5C=C4)c3C2=O)ccc1F. The Morgan fingerprint density at radius 3 is 3.00 bits per heavy atom. The molecule has 0 saturated carbocycles. The standard InChI is InChI=1S/C20H17FIN5O/c1-12-8-14(3-4-16(12)21)25-6-7-27-19(20(25)28)15(9-24-27)13-2-5-18-23-10-17(22)26(18)11-13/h2-5,8-11,18,23H,6-7H2,1H3. The van der Waals surface area contributed by atoms with Gasteiger partial charge in [-0.3, -0.25) is 9.48 Å². The Kier molecular flexibility index (Phi) is 4.04. The lowest BCUT2D eigenvalue weighted by Gasteiger charge is -2.29. The smallest absolute Gasteiger partial charge is 0.277 e. The Labute approximate surface area is 175 Å². The van der Waals surface area contributed by atoms with E-state index in [1.54, 1.807) is 34.8 Å². The number of carbonyl (C=O) groups is 1. The van der Waals surface area contributed by atoms with Crippen molar-refractivity contribution in [3.05, 3.63) is 75.3 Å². The van der Waals surface area contributed by atoms with Gasteiger partial charge < -0.3 is 15.1 Å². The summed E-state index contributed by atoms with van der Waals surface area (Å²) in [7, 11) is 0.